The van der Waals surface area contributed by atoms with E-state index in [0.717, 1.165) is 12.1 Å². The second-order valence-electron chi connectivity index (χ2n) is 8.10. The highest BCUT2D eigenvalue weighted by atomic mass is 19.1. The quantitative estimate of drug-likeness (QED) is 0.274. The molecule has 0 saturated heterocycles. The molecule has 190 valence electrons. The first-order chi connectivity index (χ1) is 17.7. The van der Waals surface area contributed by atoms with Gasteiger partial charge in [-0.1, -0.05) is 6.07 Å². The maximum absolute atomic E-state index is 14.4. The molecule has 3 N–H and O–H groups in total. The maximum Gasteiger partial charge on any atom is 0.343 e. The van der Waals surface area contributed by atoms with E-state index in [1.165, 1.54) is 35.9 Å². The van der Waals surface area contributed by atoms with Crippen LogP contribution in [0.2, 0.25) is 0 Å². The standard InChI is InChI=1S/C27H23F2N3O5/c1-3-36-27(35)19-14-32(13-18-20(28)5-4-6-21(18)29)22-11-12-23(25(30)24(22)26(19)34)37-17-9-7-16(8-10-17)31-15(2)33/h4-12,14H,3,13,30H2,1-2H3,(H,31,33). The van der Waals surface area contributed by atoms with Crippen molar-refractivity contribution in [2.45, 2.75) is 20.4 Å². The number of nitrogens with two attached hydrogens (primary N) is 1. The summed E-state index contributed by atoms with van der Waals surface area (Å²) in [6, 6.07) is 13.0. The van der Waals surface area contributed by atoms with E-state index in [0.29, 0.717) is 11.4 Å². The normalized spacial score (nSPS) is 10.8. The first-order valence-corrected chi connectivity index (χ1v) is 11.3. The predicted octanol–water partition coefficient (Wildman–Crippen LogP) is 4.84. The number of rotatable bonds is 7. The minimum Gasteiger partial charge on any atom is -0.462 e. The monoisotopic (exact) mass is 507 g/mol. The largest absolute Gasteiger partial charge is 0.462 e. The summed E-state index contributed by atoms with van der Waals surface area (Å²) in [6.07, 6.45) is 1.20. The smallest absolute Gasteiger partial charge is 0.343 e. The van der Waals surface area contributed by atoms with Crippen LogP contribution < -0.4 is 21.2 Å². The van der Waals surface area contributed by atoms with Gasteiger partial charge in [0, 0.05) is 24.4 Å². The molecule has 0 spiro atoms. The van der Waals surface area contributed by atoms with Crippen LogP contribution in [0.15, 0.2) is 65.6 Å². The highest BCUT2D eigenvalue weighted by Gasteiger charge is 2.21. The number of esters is 1. The number of nitrogen functional groups attached to an aromatic ring is 1. The molecule has 10 heteroatoms. The molecule has 4 aromatic rings. The Morgan fingerprint density at radius 3 is 2.32 bits per heavy atom. The van der Waals surface area contributed by atoms with Gasteiger partial charge in [0.2, 0.25) is 11.3 Å². The first kappa shape index (κ1) is 25.4. The van der Waals surface area contributed by atoms with Crippen LogP contribution in [0.1, 0.15) is 29.8 Å². The summed E-state index contributed by atoms with van der Waals surface area (Å²) >= 11 is 0. The number of nitrogens with zero attached hydrogens (tertiary/aromatic N) is 1. The van der Waals surface area contributed by atoms with Crippen LogP contribution in [0.4, 0.5) is 20.2 Å². The topological polar surface area (TPSA) is 113 Å². The Bertz CT molecular complexity index is 1550. The van der Waals surface area contributed by atoms with Crippen LogP contribution in [-0.4, -0.2) is 23.1 Å². The second kappa shape index (κ2) is 10.5. The number of hydrogen-bond acceptors (Lipinski definition) is 6. The highest BCUT2D eigenvalue weighted by molar-refractivity contribution is 5.99. The molecule has 0 aliphatic heterocycles. The molecule has 1 aromatic heterocycles. The summed E-state index contributed by atoms with van der Waals surface area (Å²) in [7, 11) is 0. The number of nitrogens with one attached hydrogen (secondary N) is 1. The molecule has 0 radical (unpaired) electrons. The second-order valence-corrected chi connectivity index (χ2v) is 8.10. The third-order valence-corrected chi connectivity index (χ3v) is 5.54. The van der Waals surface area contributed by atoms with Crippen molar-refractivity contribution in [3.8, 4) is 11.5 Å². The zero-order valence-corrected chi connectivity index (χ0v) is 20.0. The summed E-state index contributed by atoms with van der Waals surface area (Å²) < 4.78 is 41.0. The molecule has 0 saturated carbocycles. The number of anilines is 2. The lowest BCUT2D eigenvalue weighted by atomic mass is 10.1. The molecular weight excluding hydrogens is 484 g/mol. The van der Waals surface area contributed by atoms with E-state index < -0.39 is 23.0 Å². The molecule has 3 aromatic carbocycles. The third kappa shape index (κ3) is 5.27. The Hall–Kier alpha value is -4.73. The number of carbonyl (C=O) groups excluding carboxylic acids is 2. The lowest BCUT2D eigenvalue weighted by Crippen LogP contribution is -2.22. The SMILES string of the molecule is CCOC(=O)c1cn(Cc2c(F)cccc2F)c2ccc(Oc3ccc(NC(C)=O)cc3)c(N)c2c1=O. The summed E-state index contributed by atoms with van der Waals surface area (Å²) in [5, 5.41) is 2.58. The average molecular weight is 507 g/mol. The van der Waals surface area contributed by atoms with Crippen molar-refractivity contribution < 1.29 is 27.8 Å². The van der Waals surface area contributed by atoms with Gasteiger partial charge in [-0.3, -0.25) is 9.59 Å². The van der Waals surface area contributed by atoms with Crippen molar-refractivity contribution in [3.63, 3.8) is 0 Å². The number of fused-ring (bicyclic) bond motifs is 1. The average Bonchev–Trinajstić information content (AvgIpc) is 2.85. The van der Waals surface area contributed by atoms with Crippen LogP contribution in [0.3, 0.4) is 0 Å². The summed E-state index contributed by atoms with van der Waals surface area (Å²) in [5.74, 6) is -2.18. The fraction of sp³-hybridized carbons (Fsp3) is 0.148. The van der Waals surface area contributed by atoms with Crippen LogP contribution in [0.5, 0.6) is 11.5 Å². The number of pyridine rings is 1. The Balaban J connectivity index is 1.83. The number of carbonyl (C=O) groups is 2. The number of amides is 1. The van der Waals surface area contributed by atoms with Gasteiger partial charge in [0.25, 0.3) is 0 Å². The van der Waals surface area contributed by atoms with E-state index in [-0.39, 0.29) is 52.5 Å². The number of hydrogen-bond donors (Lipinski definition) is 2. The van der Waals surface area contributed by atoms with Gasteiger partial charge in [-0.25, -0.2) is 13.6 Å². The molecule has 0 bridgehead atoms. The van der Waals surface area contributed by atoms with Crippen LogP contribution in [-0.2, 0) is 16.1 Å². The minimum atomic E-state index is -0.892. The third-order valence-electron chi connectivity index (χ3n) is 5.54. The van der Waals surface area contributed by atoms with E-state index in [1.54, 1.807) is 31.2 Å². The Morgan fingerprint density at radius 1 is 1.03 bits per heavy atom. The zero-order chi connectivity index (χ0) is 26.7. The fourth-order valence-electron chi connectivity index (χ4n) is 3.85. The number of ether oxygens (including phenoxy) is 2. The minimum absolute atomic E-state index is 0.0192. The van der Waals surface area contributed by atoms with Gasteiger partial charge in [0.05, 0.1) is 29.7 Å². The van der Waals surface area contributed by atoms with E-state index in [4.69, 9.17) is 15.2 Å². The van der Waals surface area contributed by atoms with E-state index in [2.05, 4.69) is 5.32 Å². The van der Waals surface area contributed by atoms with Gasteiger partial charge >= 0.3 is 5.97 Å². The lowest BCUT2D eigenvalue weighted by Gasteiger charge is -2.17. The first-order valence-electron chi connectivity index (χ1n) is 11.3. The zero-order valence-electron chi connectivity index (χ0n) is 20.0. The lowest BCUT2D eigenvalue weighted by molar-refractivity contribution is -0.114. The van der Waals surface area contributed by atoms with Gasteiger partial charge in [0.15, 0.2) is 5.75 Å². The molecule has 0 aliphatic carbocycles. The Morgan fingerprint density at radius 2 is 1.70 bits per heavy atom. The Labute approximate surface area is 210 Å². The summed E-state index contributed by atoms with van der Waals surface area (Å²) in [4.78, 5) is 37.1. The Kier molecular flexibility index (Phi) is 7.19. The van der Waals surface area contributed by atoms with E-state index in [9.17, 15) is 23.2 Å². The van der Waals surface area contributed by atoms with Crippen molar-refractivity contribution >= 4 is 34.2 Å². The van der Waals surface area contributed by atoms with Crippen molar-refractivity contribution in [3.05, 3.63) is 93.8 Å². The van der Waals surface area contributed by atoms with Crippen molar-refractivity contribution in [1.82, 2.24) is 4.57 Å². The molecule has 1 amide bonds. The highest BCUT2D eigenvalue weighted by Crippen LogP contribution is 2.33. The van der Waals surface area contributed by atoms with Crippen LogP contribution in [0.25, 0.3) is 10.9 Å². The maximum atomic E-state index is 14.4. The van der Waals surface area contributed by atoms with Gasteiger partial charge < -0.3 is 25.1 Å². The van der Waals surface area contributed by atoms with Crippen molar-refractivity contribution in [1.29, 1.82) is 0 Å². The molecule has 8 nitrogen and oxygen atoms in total. The molecule has 4 rings (SSSR count). The molecule has 0 atom stereocenters. The van der Waals surface area contributed by atoms with Crippen molar-refractivity contribution in [2.24, 2.45) is 0 Å². The molecule has 0 aliphatic rings. The molecule has 1 heterocycles. The van der Waals surface area contributed by atoms with Gasteiger partial charge in [0.1, 0.15) is 22.9 Å². The molecule has 0 unspecified atom stereocenters. The van der Waals surface area contributed by atoms with Crippen molar-refractivity contribution in [2.75, 3.05) is 17.7 Å². The van der Waals surface area contributed by atoms with Crippen LogP contribution >= 0.6 is 0 Å². The van der Waals surface area contributed by atoms with E-state index in [1.807, 2.05) is 0 Å². The molecule has 37 heavy (non-hydrogen) atoms. The predicted molar refractivity (Wildman–Crippen MR) is 135 cm³/mol. The van der Waals surface area contributed by atoms with Gasteiger partial charge in [-0.2, -0.15) is 0 Å². The number of aromatic nitrogens is 1. The van der Waals surface area contributed by atoms with E-state index >= 15 is 0 Å². The van der Waals surface area contributed by atoms with Gasteiger partial charge in [-0.05, 0) is 55.5 Å². The van der Waals surface area contributed by atoms with Gasteiger partial charge in [-0.15, -0.1) is 0 Å². The summed E-state index contributed by atoms with van der Waals surface area (Å²) in [5.41, 5.74) is 5.78. The molecular formula is C27H23F2N3O5. The number of benzene rings is 3. The van der Waals surface area contributed by atoms with Crippen LogP contribution in [0, 0.1) is 11.6 Å². The molecule has 0 fully saturated rings. The summed E-state index contributed by atoms with van der Waals surface area (Å²) in [6.45, 7) is 2.68. The fourth-order valence-corrected chi connectivity index (χ4v) is 3.85. The number of halogens is 2.